The van der Waals surface area contributed by atoms with Gasteiger partial charge in [-0.25, -0.2) is 0 Å². The number of aromatic nitrogens is 2. The summed E-state index contributed by atoms with van der Waals surface area (Å²) < 4.78 is 1.79. The van der Waals surface area contributed by atoms with Gasteiger partial charge in [0.25, 0.3) is 0 Å². The molecule has 0 unspecified atom stereocenters. The van der Waals surface area contributed by atoms with Crippen molar-refractivity contribution in [3.8, 4) is 0 Å². The Hall–Kier alpha value is -1.26. The van der Waals surface area contributed by atoms with Gasteiger partial charge < -0.3 is 0 Å². The fourth-order valence-electron chi connectivity index (χ4n) is 1.49. The Morgan fingerprint density at radius 1 is 1.41 bits per heavy atom. The van der Waals surface area contributed by atoms with Gasteiger partial charge in [-0.05, 0) is 31.2 Å². The van der Waals surface area contributed by atoms with E-state index in [-0.39, 0.29) is 0 Å². The van der Waals surface area contributed by atoms with Gasteiger partial charge in [0, 0.05) is 22.5 Å². The van der Waals surface area contributed by atoms with E-state index in [1.54, 1.807) is 22.9 Å². The van der Waals surface area contributed by atoms with Crippen molar-refractivity contribution in [1.82, 2.24) is 9.78 Å². The van der Waals surface area contributed by atoms with Gasteiger partial charge in [-0.1, -0.05) is 23.4 Å². The fourth-order valence-corrected chi connectivity index (χ4v) is 2.77. The first-order valence-electron chi connectivity index (χ1n) is 5.03. The van der Waals surface area contributed by atoms with Crippen molar-refractivity contribution in [2.75, 3.05) is 0 Å². The van der Waals surface area contributed by atoms with Crippen LogP contribution in [0.25, 0.3) is 0 Å². The van der Waals surface area contributed by atoms with Crippen LogP contribution >= 0.6 is 23.4 Å². The van der Waals surface area contributed by atoms with Crippen LogP contribution in [0.3, 0.4) is 0 Å². The molecule has 0 spiro atoms. The molecule has 1 aromatic heterocycles. The average Bonchev–Trinajstić information content (AvgIpc) is 2.58. The molecular formula is C12H11ClN2OS. The Balaban J connectivity index is 2.38. The number of carbonyl (C=O) groups is 1. The normalized spacial score (nSPS) is 10.5. The van der Waals surface area contributed by atoms with E-state index in [0.29, 0.717) is 10.6 Å². The maximum Gasteiger partial charge on any atom is 0.151 e. The van der Waals surface area contributed by atoms with E-state index in [0.717, 1.165) is 21.9 Å². The summed E-state index contributed by atoms with van der Waals surface area (Å²) in [6, 6.07) is 7.20. The highest BCUT2D eigenvalue weighted by molar-refractivity contribution is 7.99. The Morgan fingerprint density at radius 2 is 2.18 bits per heavy atom. The third-order valence-corrected chi connectivity index (χ3v) is 3.68. The Morgan fingerprint density at radius 3 is 2.76 bits per heavy atom. The zero-order valence-electron chi connectivity index (χ0n) is 9.48. The second-order valence-corrected chi connectivity index (χ2v) is 5.15. The summed E-state index contributed by atoms with van der Waals surface area (Å²) in [7, 11) is 1.88. The molecule has 0 saturated carbocycles. The lowest BCUT2D eigenvalue weighted by molar-refractivity contribution is 0.112. The summed E-state index contributed by atoms with van der Waals surface area (Å²) >= 11 is 7.42. The molecule has 0 saturated heterocycles. The minimum atomic E-state index is 0.622. The monoisotopic (exact) mass is 266 g/mol. The quantitative estimate of drug-likeness (QED) is 0.799. The van der Waals surface area contributed by atoms with Crippen molar-refractivity contribution in [2.45, 2.75) is 16.8 Å². The number of hydrogen-bond donors (Lipinski definition) is 0. The molecular weight excluding hydrogens is 256 g/mol. The molecule has 0 atom stereocenters. The van der Waals surface area contributed by atoms with E-state index in [4.69, 9.17) is 11.6 Å². The molecule has 88 valence electrons. The predicted octanol–water partition coefficient (Wildman–Crippen LogP) is 3.35. The molecule has 0 N–H and O–H groups in total. The lowest BCUT2D eigenvalue weighted by Crippen LogP contribution is -1.93. The number of carbonyl (C=O) groups excluding carboxylic acids is 1. The third-order valence-electron chi connectivity index (χ3n) is 2.28. The highest BCUT2D eigenvalue weighted by atomic mass is 35.5. The number of halogens is 1. The number of aldehydes is 1. The van der Waals surface area contributed by atoms with Crippen molar-refractivity contribution >= 4 is 29.6 Å². The van der Waals surface area contributed by atoms with Crippen LogP contribution in [-0.4, -0.2) is 16.1 Å². The van der Waals surface area contributed by atoms with Gasteiger partial charge in [0.2, 0.25) is 0 Å². The molecule has 0 aliphatic carbocycles. The lowest BCUT2D eigenvalue weighted by atomic mass is 10.2. The summed E-state index contributed by atoms with van der Waals surface area (Å²) in [4.78, 5) is 11.8. The fraction of sp³-hybridized carbons (Fsp3) is 0.167. The summed E-state index contributed by atoms with van der Waals surface area (Å²) in [6.45, 7) is 1.93. The highest BCUT2D eigenvalue weighted by Gasteiger charge is 2.08. The van der Waals surface area contributed by atoms with Gasteiger partial charge >= 0.3 is 0 Å². The van der Waals surface area contributed by atoms with E-state index < -0.39 is 0 Å². The summed E-state index contributed by atoms with van der Waals surface area (Å²) in [6.07, 6.45) is 0.835. The van der Waals surface area contributed by atoms with Crippen molar-refractivity contribution in [3.63, 3.8) is 0 Å². The minimum absolute atomic E-state index is 0.622. The zero-order valence-corrected chi connectivity index (χ0v) is 11.0. The molecule has 1 heterocycles. The highest BCUT2D eigenvalue weighted by Crippen LogP contribution is 2.31. The van der Waals surface area contributed by atoms with Gasteiger partial charge in [0.1, 0.15) is 0 Å². The van der Waals surface area contributed by atoms with Crippen LogP contribution in [0.1, 0.15) is 16.1 Å². The number of benzene rings is 1. The molecule has 0 aliphatic heterocycles. The molecule has 2 rings (SSSR count). The smallest absolute Gasteiger partial charge is 0.151 e. The lowest BCUT2D eigenvalue weighted by Gasteiger charge is -2.05. The van der Waals surface area contributed by atoms with E-state index in [1.165, 1.54) is 11.8 Å². The first-order chi connectivity index (χ1) is 8.10. The molecule has 0 fully saturated rings. The molecule has 1 aromatic carbocycles. The first kappa shape index (κ1) is 12.2. The van der Waals surface area contributed by atoms with E-state index >= 15 is 0 Å². The standard InChI is InChI=1S/C12H11ClN2OS/c1-8-5-12(15(2)14-8)17-11-6-10(13)4-3-9(11)7-16/h3-7H,1-2H3. The Kier molecular flexibility index (Phi) is 3.54. The summed E-state index contributed by atoms with van der Waals surface area (Å²) in [5, 5.41) is 5.86. The van der Waals surface area contributed by atoms with Gasteiger partial charge in [0.15, 0.2) is 6.29 Å². The van der Waals surface area contributed by atoms with Gasteiger partial charge in [-0.2, -0.15) is 5.10 Å². The van der Waals surface area contributed by atoms with E-state index in [9.17, 15) is 4.79 Å². The molecule has 0 bridgehead atoms. The predicted molar refractivity (Wildman–Crippen MR) is 68.9 cm³/mol. The molecule has 0 radical (unpaired) electrons. The largest absolute Gasteiger partial charge is 0.298 e. The third kappa shape index (κ3) is 2.70. The maximum atomic E-state index is 10.9. The molecule has 2 aromatic rings. The second-order valence-electron chi connectivity index (χ2n) is 3.65. The van der Waals surface area contributed by atoms with Crippen molar-refractivity contribution in [1.29, 1.82) is 0 Å². The van der Waals surface area contributed by atoms with Crippen LogP contribution < -0.4 is 0 Å². The van der Waals surface area contributed by atoms with Crippen molar-refractivity contribution in [2.24, 2.45) is 7.05 Å². The first-order valence-corrected chi connectivity index (χ1v) is 6.23. The molecule has 3 nitrogen and oxygen atoms in total. The van der Waals surface area contributed by atoms with Crippen LogP contribution in [-0.2, 0) is 7.05 Å². The average molecular weight is 267 g/mol. The number of rotatable bonds is 3. The van der Waals surface area contributed by atoms with Crippen LogP contribution in [0.5, 0.6) is 0 Å². The van der Waals surface area contributed by atoms with Gasteiger partial charge in [-0.15, -0.1) is 0 Å². The zero-order chi connectivity index (χ0) is 12.4. The summed E-state index contributed by atoms with van der Waals surface area (Å²) in [5.41, 5.74) is 1.59. The molecule has 0 amide bonds. The molecule has 0 aliphatic rings. The van der Waals surface area contributed by atoms with Crippen LogP contribution in [0.15, 0.2) is 34.2 Å². The minimum Gasteiger partial charge on any atom is -0.298 e. The van der Waals surface area contributed by atoms with Crippen LogP contribution in [0.2, 0.25) is 5.02 Å². The topological polar surface area (TPSA) is 34.9 Å². The van der Waals surface area contributed by atoms with Crippen molar-refractivity contribution in [3.05, 3.63) is 40.5 Å². The summed E-state index contributed by atoms with van der Waals surface area (Å²) in [5.74, 6) is 0. The Labute approximate surface area is 109 Å². The van der Waals surface area contributed by atoms with E-state index in [2.05, 4.69) is 5.10 Å². The maximum absolute atomic E-state index is 10.9. The van der Waals surface area contributed by atoms with Gasteiger partial charge in [0.05, 0.1) is 10.7 Å². The van der Waals surface area contributed by atoms with E-state index in [1.807, 2.05) is 20.0 Å². The number of hydrogen-bond acceptors (Lipinski definition) is 3. The van der Waals surface area contributed by atoms with Crippen molar-refractivity contribution < 1.29 is 4.79 Å². The SMILES string of the molecule is Cc1cc(Sc2cc(Cl)ccc2C=O)n(C)n1. The van der Waals surface area contributed by atoms with Crippen LogP contribution in [0.4, 0.5) is 0 Å². The molecule has 17 heavy (non-hydrogen) atoms. The second kappa shape index (κ2) is 4.94. The van der Waals surface area contributed by atoms with Crippen LogP contribution in [0, 0.1) is 6.92 Å². The van der Waals surface area contributed by atoms with Gasteiger partial charge in [-0.3, -0.25) is 9.48 Å². The number of nitrogens with zero attached hydrogens (tertiary/aromatic N) is 2. The Bertz CT molecular complexity index is 566. The molecule has 5 heteroatoms. The number of aryl methyl sites for hydroxylation is 2.